The van der Waals surface area contributed by atoms with Crippen molar-refractivity contribution >= 4 is 27.0 Å². The van der Waals surface area contributed by atoms with E-state index in [1.165, 1.54) is 10.7 Å². The number of sulfonamides is 1. The molecule has 3 aromatic rings. The Bertz CT molecular complexity index is 1420. The molecule has 0 bridgehead atoms. The molecule has 1 aliphatic heterocycles. The van der Waals surface area contributed by atoms with Crippen LogP contribution in [0, 0.1) is 24.2 Å². The highest BCUT2D eigenvalue weighted by molar-refractivity contribution is 7.89. The number of benzene rings is 2. The summed E-state index contributed by atoms with van der Waals surface area (Å²) in [5.41, 5.74) is 3.72. The molecule has 0 spiro atoms. The van der Waals surface area contributed by atoms with Gasteiger partial charge in [0.1, 0.15) is 11.6 Å². The van der Waals surface area contributed by atoms with Gasteiger partial charge in [0.05, 0.1) is 4.90 Å². The van der Waals surface area contributed by atoms with Gasteiger partial charge in [0.15, 0.2) is 12.0 Å². The predicted octanol–water partition coefficient (Wildman–Crippen LogP) is 5.14. The highest BCUT2D eigenvalue weighted by atomic mass is 32.2. The van der Waals surface area contributed by atoms with Crippen molar-refractivity contribution in [1.29, 1.82) is 0 Å². The van der Waals surface area contributed by atoms with Crippen LogP contribution in [0.2, 0.25) is 0 Å². The van der Waals surface area contributed by atoms with E-state index in [0.29, 0.717) is 18.7 Å². The summed E-state index contributed by atoms with van der Waals surface area (Å²) >= 11 is 0. The van der Waals surface area contributed by atoms with E-state index >= 15 is 0 Å². The van der Waals surface area contributed by atoms with Gasteiger partial charge in [-0.25, -0.2) is 13.4 Å². The Hall–Kier alpha value is -2.71. The zero-order valence-corrected chi connectivity index (χ0v) is 22.6. The molecule has 0 unspecified atom stereocenters. The van der Waals surface area contributed by atoms with E-state index in [1.807, 2.05) is 42.2 Å². The normalized spacial score (nSPS) is 25.8. The summed E-state index contributed by atoms with van der Waals surface area (Å²) in [7, 11) is -3.77. The number of carbonyl (C=O) groups excluding carboxylic acids is 1. The van der Waals surface area contributed by atoms with Crippen molar-refractivity contribution in [3.8, 4) is 0 Å². The topological polar surface area (TPSA) is 83.7 Å². The van der Waals surface area contributed by atoms with Gasteiger partial charge < -0.3 is 9.32 Å². The summed E-state index contributed by atoms with van der Waals surface area (Å²) in [6.07, 6.45) is 6.30. The Labute approximate surface area is 218 Å². The van der Waals surface area contributed by atoms with Gasteiger partial charge in [0.25, 0.3) is 0 Å². The molecule has 2 saturated carbocycles. The van der Waals surface area contributed by atoms with Crippen molar-refractivity contribution in [3.05, 3.63) is 60.0 Å². The van der Waals surface area contributed by atoms with Gasteiger partial charge in [-0.05, 0) is 86.1 Å². The van der Waals surface area contributed by atoms with Gasteiger partial charge in [-0.15, -0.1) is 0 Å². The molecule has 196 valence electrons. The van der Waals surface area contributed by atoms with E-state index in [9.17, 15) is 13.2 Å². The molecule has 1 saturated heterocycles. The highest BCUT2D eigenvalue weighted by Gasteiger charge is 2.60. The van der Waals surface area contributed by atoms with E-state index in [-0.39, 0.29) is 34.1 Å². The smallest absolute Gasteiger partial charge is 0.243 e. The number of aryl methyl sites for hydroxylation is 1. The van der Waals surface area contributed by atoms with Crippen LogP contribution in [0.3, 0.4) is 0 Å². The third-order valence-corrected chi connectivity index (χ3v) is 10.6. The second-order valence-corrected chi connectivity index (χ2v) is 13.9. The molecule has 7 nitrogen and oxygen atoms in total. The molecule has 3 fully saturated rings. The zero-order valence-electron chi connectivity index (χ0n) is 21.8. The van der Waals surface area contributed by atoms with Crippen LogP contribution in [-0.4, -0.2) is 47.1 Å². The van der Waals surface area contributed by atoms with Crippen molar-refractivity contribution in [2.75, 3.05) is 6.54 Å². The SMILES string of the molecule is Cc1ccc(S(=O)(=O)N2C[C@H]3C[C@H]3[C@H]2C(=O)N(Cc2ccc3ncoc3c2)C2CCC(C)(C)CC2)cc1. The van der Waals surface area contributed by atoms with E-state index in [0.717, 1.165) is 48.7 Å². The van der Waals surface area contributed by atoms with Gasteiger partial charge in [-0.2, -0.15) is 4.31 Å². The number of fused-ring (bicyclic) bond motifs is 2. The summed E-state index contributed by atoms with van der Waals surface area (Å²) in [4.78, 5) is 20.8. The standard InChI is InChI=1S/C29H35N3O4S/c1-19-4-7-23(8-5-19)37(34,35)32-17-21-15-24(21)27(32)28(33)31(22-10-12-29(2,3)13-11-22)16-20-6-9-25-26(14-20)36-18-30-25/h4-9,14,18,21-22,24,27H,10-13,15-17H2,1-3H3/t21-,24-,27+/m1/s1. The van der Waals surface area contributed by atoms with E-state index in [1.54, 1.807) is 12.1 Å². The molecule has 3 atom stereocenters. The van der Waals surface area contributed by atoms with Gasteiger partial charge in [0.2, 0.25) is 15.9 Å². The molecular formula is C29H35N3O4S. The van der Waals surface area contributed by atoms with Crippen LogP contribution in [0.4, 0.5) is 0 Å². The fourth-order valence-corrected chi connectivity index (χ4v) is 7.96. The molecule has 1 amide bonds. The van der Waals surface area contributed by atoms with Crippen LogP contribution in [-0.2, 0) is 21.4 Å². The lowest BCUT2D eigenvalue weighted by Crippen LogP contribution is -2.53. The molecule has 2 aliphatic carbocycles. The molecule has 8 heteroatoms. The van der Waals surface area contributed by atoms with Crippen molar-refractivity contribution < 1.29 is 17.6 Å². The first-order chi connectivity index (χ1) is 17.6. The number of aromatic nitrogens is 1. The van der Waals surface area contributed by atoms with Crippen LogP contribution in [0.25, 0.3) is 11.1 Å². The summed E-state index contributed by atoms with van der Waals surface area (Å²) in [6, 6.07) is 12.3. The third-order valence-electron chi connectivity index (χ3n) is 8.77. The molecule has 2 aromatic carbocycles. The maximum absolute atomic E-state index is 14.4. The van der Waals surface area contributed by atoms with Crippen molar-refractivity contribution in [2.24, 2.45) is 17.3 Å². The Balaban J connectivity index is 1.32. The first kappa shape index (κ1) is 24.6. The molecule has 6 rings (SSSR count). The predicted molar refractivity (Wildman–Crippen MR) is 141 cm³/mol. The summed E-state index contributed by atoms with van der Waals surface area (Å²) in [5.74, 6) is 0.321. The Morgan fingerprint density at radius 3 is 2.59 bits per heavy atom. The van der Waals surface area contributed by atoms with Crippen molar-refractivity contribution in [1.82, 2.24) is 14.2 Å². The number of piperidine rings is 1. The second kappa shape index (κ2) is 8.95. The fraction of sp³-hybridized carbons (Fsp3) is 0.517. The van der Waals surface area contributed by atoms with Crippen LogP contribution in [0.5, 0.6) is 0 Å². The maximum atomic E-state index is 14.4. The second-order valence-electron chi connectivity index (χ2n) is 12.0. The lowest BCUT2D eigenvalue weighted by molar-refractivity contribution is -0.139. The number of nitrogens with zero attached hydrogens (tertiary/aromatic N) is 3. The molecule has 0 radical (unpaired) electrons. The van der Waals surface area contributed by atoms with Crippen molar-refractivity contribution in [2.45, 2.75) is 76.4 Å². The Morgan fingerprint density at radius 1 is 1.14 bits per heavy atom. The molecular weight excluding hydrogens is 486 g/mol. The first-order valence-corrected chi connectivity index (χ1v) is 14.8. The lowest BCUT2D eigenvalue weighted by Gasteiger charge is -2.42. The number of rotatable bonds is 6. The van der Waals surface area contributed by atoms with Gasteiger partial charge in [-0.1, -0.05) is 37.6 Å². The fourth-order valence-electron chi connectivity index (χ4n) is 6.27. The monoisotopic (exact) mass is 521 g/mol. The summed E-state index contributed by atoms with van der Waals surface area (Å²) in [5, 5.41) is 0. The maximum Gasteiger partial charge on any atom is 0.243 e. The number of hydrogen-bond donors (Lipinski definition) is 0. The lowest BCUT2D eigenvalue weighted by atomic mass is 9.75. The number of oxazole rings is 1. The zero-order chi connectivity index (χ0) is 25.9. The van der Waals surface area contributed by atoms with Gasteiger partial charge in [-0.3, -0.25) is 4.79 Å². The van der Waals surface area contributed by atoms with E-state index in [4.69, 9.17) is 4.42 Å². The minimum atomic E-state index is -3.77. The van der Waals surface area contributed by atoms with Crippen LogP contribution in [0.1, 0.15) is 57.1 Å². The van der Waals surface area contributed by atoms with Gasteiger partial charge in [0, 0.05) is 19.1 Å². The van der Waals surface area contributed by atoms with Crippen LogP contribution >= 0.6 is 0 Å². The van der Waals surface area contributed by atoms with Crippen LogP contribution in [0.15, 0.2) is 58.2 Å². The largest absolute Gasteiger partial charge is 0.443 e. The first-order valence-electron chi connectivity index (χ1n) is 13.3. The summed E-state index contributed by atoms with van der Waals surface area (Å²) in [6.45, 7) is 7.37. The third kappa shape index (κ3) is 4.59. The molecule has 1 aromatic heterocycles. The Morgan fingerprint density at radius 2 is 1.86 bits per heavy atom. The summed E-state index contributed by atoms with van der Waals surface area (Å²) < 4.78 is 34.5. The minimum Gasteiger partial charge on any atom is -0.443 e. The van der Waals surface area contributed by atoms with Crippen molar-refractivity contribution in [3.63, 3.8) is 0 Å². The highest BCUT2D eigenvalue weighted by Crippen LogP contribution is 2.52. The molecule has 0 N–H and O–H groups in total. The average Bonchev–Trinajstić information content (AvgIpc) is 3.29. The number of amides is 1. The van der Waals surface area contributed by atoms with E-state index < -0.39 is 16.1 Å². The quantitative estimate of drug-likeness (QED) is 0.448. The number of hydrogen-bond acceptors (Lipinski definition) is 5. The number of carbonyl (C=O) groups is 1. The van der Waals surface area contributed by atoms with Crippen LogP contribution < -0.4 is 0 Å². The van der Waals surface area contributed by atoms with Gasteiger partial charge >= 0.3 is 0 Å². The van der Waals surface area contributed by atoms with E-state index in [2.05, 4.69) is 18.8 Å². The molecule has 2 heterocycles. The minimum absolute atomic E-state index is 0.0527. The average molecular weight is 522 g/mol. The Kier molecular flexibility index (Phi) is 5.95. The molecule has 37 heavy (non-hydrogen) atoms. The molecule has 3 aliphatic rings.